The van der Waals surface area contributed by atoms with E-state index in [9.17, 15) is 4.79 Å². The van der Waals surface area contributed by atoms with E-state index in [0.29, 0.717) is 17.6 Å². The van der Waals surface area contributed by atoms with Crippen molar-refractivity contribution >= 4 is 29.2 Å². The molecule has 1 saturated heterocycles. The number of nitrogens with one attached hydrogen (secondary N) is 2. The fraction of sp³-hybridized carbons (Fsp3) is 0.214. The maximum atomic E-state index is 11.3. The Labute approximate surface area is 210 Å². The van der Waals surface area contributed by atoms with E-state index < -0.39 is 0 Å². The zero-order valence-electron chi connectivity index (χ0n) is 20.1. The number of hydrogen-bond donors (Lipinski definition) is 2. The first-order valence-electron chi connectivity index (χ1n) is 12.0. The summed E-state index contributed by atoms with van der Waals surface area (Å²) < 4.78 is 6.44. The molecule has 5 rings (SSSR count). The summed E-state index contributed by atoms with van der Waals surface area (Å²) in [6.45, 7) is 3.06. The van der Waals surface area contributed by atoms with Crippen LogP contribution in [-0.4, -0.2) is 40.1 Å². The Morgan fingerprint density at radius 2 is 1.67 bits per heavy atom. The van der Waals surface area contributed by atoms with Crippen molar-refractivity contribution in [1.82, 2.24) is 15.0 Å². The molecule has 8 nitrogen and oxygen atoms in total. The molecule has 36 heavy (non-hydrogen) atoms. The normalized spacial score (nSPS) is 13.8. The topological polar surface area (TPSA) is 92.3 Å². The van der Waals surface area contributed by atoms with E-state index in [1.165, 1.54) is 13.3 Å². The molecular formula is C28H28N6O2. The van der Waals surface area contributed by atoms with E-state index in [4.69, 9.17) is 4.74 Å². The molecule has 0 spiro atoms. The molecule has 0 aliphatic carbocycles. The molecule has 0 atom stereocenters. The summed E-state index contributed by atoms with van der Waals surface area (Å²) in [5.74, 6) is 1.88. The van der Waals surface area contributed by atoms with Crippen molar-refractivity contribution in [1.29, 1.82) is 0 Å². The molecule has 0 unspecified atom stereocenters. The quantitative estimate of drug-likeness (QED) is 0.371. The third-order valence-electron chi connectivity index (χ3n) is 5.99. The number of amides is 1. The van der Waals surface area contributed by atoms with Gasteiger partial charge in [-0.1, -0.05) is 54.6 Å². The molecule has 4 aromatic rings. The summed E-state index contributed by atoms with van der Waals surface area (Å²) in [6, 6.07) is 25.9. The lowest BCUT2D eigenvalue weighted by Gasteiger charge is -2.32. The average Bonchev–Trinajstić information content (AvgIpc) is 2.90. The molecule has 182 valence electrons. The number of nitrogens with zero attached hydrogens (tertiary/aromatic N) is 4. The van der Waals surface area contributed by atoms with E-state index >= 15 is 0 Å². The number of para-hydroxylation sites is 1. The lowest BCUT2D eigenvalue weighted by molar-refractivity contribution is -0.114. The highest BCUT2D eigenvalue weighted by Crippen LogP contribution is 2.32. The van der Waals surface area contributed by atoms with Gasteiger partial charge in [0.05, 0.1) is 0 Å². The van der Waals surface area contributed by atoms with Gasteiger partial charge in [0.15, 0.2) is 0 Å². The van der Waals surface area contributed by atoms with E-state index in [-0.39, 0.29) is 12.0 Å². The molecule has 1 aliphatic heterocycles. The summed E-state index contributed by atoms with van der Waals surface area (Å²) in [6.07, 6.45) is 3.38. The monoisotopic (exact) mass is 480 g/mol. The van der Waals surface area contributed by atoms with Crippen LogP contribution in [0.5, 0.6) is 5.75 Å². The van der Waals surface area contributed by atoms with Crippen LogP contribution in [0.25, 0.3) is 11.1 Å². The van der Waals surface area contributed by atoms with Crippen LogP contribution in [0.1, 0.15) is 19.8 Å². The van der Waals surface area contributed by atoms with E-state index in [0.717, 1.165) is 48.5 Å². The zero-order valence-corrected chi connectivity index (χ0v) is 20.1. The number of benzene rings is 3. The van der Waals surface area contributed by atoms with Gasteiger partial charge in [-0.25, -0.2) is 9.97 Å². The average molecular weight is 481 g/mol. The van der Waals surface area contributed by atoms with E-state index in [2.05, 4.69) is 48.7 Å². The molecule has 1 amide bonds. The van der Waals surface area contributed by atoms with Crippen LogP contribution in [0, 0.1) is 0 Å². The molecule has 2 heterocycles. The van der Waals surface area contributed by atoms with Gasteiger partial charge in [0.25, 0.3) is 0 Å². The summed E-state index contributed by atoms with van der Waals surface area (Å²) in [5, 5.41) is 5.97. The van der Waals surface area contributed by atoms with Gasteiger partial charge in [-0.05, 0) is 29.8 Å². The number of carbonyl (C=O) groups excluding carboxylic acids is 1. The highest BCUT2D eigenvalue weighted by atomic mass is 16.5. The minimum atomic E-state index is -0.120. The molecule has 8 heteroatoms. The minimum Gasteiger partial charge on any atom is -0.490 e. The lowest BCUT2D eigenvalue weighted by atomic mass is 10.0. The molecule has 1 aromatic heterocycles. The Hall–Kier alpha value is -4.46. The third-order valence-corrected chi connectivity index (χ3v) is 5.99. The molecule has 0 bridgehead atoms. The minimum absolute atomic E-state index is 0.120. The van der Waals surface area contributed by atoms with E-state index in [1.807, 2.05) is 60.7 Å². The molecule has 1 fully saturated rings. The first-order chi connectivity index (χ1) is 17.6. The fourth-order valence-electron chi connectivity index (χ4n) is 4.29. The van der Waals surface area contributed by atoms with Crippen molar-refractivity contribution in [3.8, 4) is 16.9 Å². The van der Waals surface area contributed by atoms with Crippen LogP contribution >= 0.6 is 0 Å². The Kier molecular flexibility index (Phi) is 7.02. The van der Waals surface area contributed by atoms with Crippen molar-refractivity contribution in [2.45, 2.75) is 25.9 Å². The summed E-state index contributed by atoms with van der Waals surface area (Å²) in [5.41, 5.74) is 3.75. The molecule has 2 N–H and O–H groups in total. The van der Waals surface area contributed by atoms with Crippen LogP contribution in [0.2, 0.25) is 0 Å². The number of ether oxygens (including phenoxy) is 1. The van der Waals surface area contributed by atoms with Crippen molar-refractivity contribution in [3.05, 3.63) is 85.2 Å². The number of rotatable bonds is 7. The predicted molar refractivity (Wildman–Crippen MR) is 142 cm³/mol. The second-order valence-corrected chi connectivity index (χ2v) is 8.66. The highest BCUT2D eigenvalue weighted by molar-refractivity contribution is 5.89. The smallest absolute Gasteiger partial charge is 0.231 e. The van der Waals surface area contributed by atoms with Crippen LogP contribution < -0.4 is 20.3 Å². The van der Waals surface area contributed by atoms with Crippen molar-refractivity contribution in [3.63, 3.8) is 0 Å². The van der Waals surface area contributed by atoms with Crippen LogP contribution in [0.3, 0.4) is 0 Å². The van der Waals surface area contributed by atoms with Crippen LogP contribution in [0.4, 0.5) is 23.3 Å². The predicted octanol–water partition coefficient (Wildman–Crippen LogP) is 5.29. The summed E-state index contributed by atoms with van der Waals surface area (Å²) in [7, 11) is 0. The molecular weight excluding hydrogens is 452 g/mol. The number of aromatic nitrogens is 3. The highest BCUT2D eigenvalue weighted by Gasteiger charge is 2.23. The number of carbonyl (C=O) groups is 1. The molecule has 0 radical (unpaired) electrons. The third kappa shape index (κ3) is 5.78. The Morgan fingerprint density at radius 3 is 2.47 bits per heavy atom. The Morgan fingerprint density at radius 1 is 0.917 bits per heavy atom. The van der Waals surface area contributed by atoms with Gasteiger partial charge < -0.3 is 20.3 Å². The second kappa shape index (κ2) is 10.9. The summed E-state index contributed by atoms with van der Waals surface area (Å²) in [4.78, 5) is 26.7. The van der Waals surface area contributed by atoms with Crippen LogP contribution in [-0.2, 0) is 4.79 Å². The first kappa shape index (κ1) is 23.3. The molecule has 1 aliphatic rings. The van der Waals surface area contributed by atoms with Crippen molar-refractivity contribution in [2.75, 3.05) is 28.6 Å². The zero-order chi connectivity index (χ0) is 24.7. The van der Waals surface area contributed by atoms with Crippen LogP contribution in [0.15, 0.2) is 85.2 Å². The number of piperidine rings is 1. The second-order valence-electron chi connectivity index (χ2n) is 8.66. The van der Waals surface area contributed by atoms with E-state index in [1.54, 1.807) is 0 Å². The Bertz CT molecular complexity index is 1320. The number of anilines is 4. The fourth-order valence-corrected chi connectivity index (χ4v) is 4.29. The van der Waals surface area contributed by atoms with Gasteiger partial charge in [0.2, 0.25) is 17.8 Å². The van der Waals surface area contributed by atoms with Crippen molar-refractivity contribution < 1.29 is 9.53 Å². The van der Waals surface area contributed by atoms with Crippen molar-refractivity contribution in [2.24, 2.45) is 0 Å². The summed E-state index contributed by atoms with van der Waals surface area (Å²) >= 11 is 0. The maximum absolute atomic E-state index is 11.3. The molecule has 3 aromatic carbocycles. The van der Waals surface area contributed by atoms with Gasteiger partial charge in [-0.15, -0.1) is 0 Å². The number of hydrogen-bond acceptors (Lipinski definition) is 7. The SMILES string of the molecule is CC(=O)Nc1cccc(Nc2ncnc(N3CCC(Oc4ccccc4-c4ccccc4)CC3)n2)c1. The Balaban J connectivity index is 1.21. The first-order valence-corrected chi connectivity index (χ1v) is 12.0. The largest absolute Gasteiger partial charge is 0.490 e. The van der Waals surface area contributed by atoms with Gasteiger partial charge in [0, 0.05) is 49.8 Å². The van der Waals surface area contributed by atoms with Gasteiger partial charge in [-0.2, -0.15) is 4.98 Å². The van der Waals surface area contributed by atoms with Gasteiger partial charge in [0.1, 0.15) is 18.2 Å². The standard InChI is InChI=1S/C28H28N6O2/c1-20(35)31-22-10-7-11-23(18-22)32-27-29-19-30-28(33-27)34-16-14-24(15-17-34)36-26-13-6-5-12-25(26)21-8-3-2-4-9-21/h2-13,18-19,24H,14-17H2,1H3,(H,31,35)(H,29,30,32,33). The lowest BCUT2D eigenvalue weighted by Crippen LogP contribution is -2.39. The van der Waals surface area contributed by atoms with Gasteiger partial charge in [-0.3, -0.25) is 4.79 Å². The van der Waals surface area contributed by atoms with Gasteiger partial charge >= 0.3 is 0 Å². The maximum Gasteiger partial charge on any atom is 0.231 e. The molecule has 0 saturated carbocycles.